The van der Waals surface area contributed by atoms with Crippen LogP contribution in [0.4, 0.5) is 0 Å². The number of sulfonamides is 1. The average molecular weight is 427 g/mol. The van der Waals surface area contributed by atoms with Crippen molar-refractivity contribution in [2.24, 2.45) is 0 Å². The minimum Gasteiger partial charge on any atom is -0.236 e. The minimum atomic E-state index is -3.62. The maximum Gasteiger partial charge on any atom is 0.253 e. The van der Waals surface area contributed by atoms with Crippen molar-refractivity contribution in [2.45, 2.75) is 72.2 Å². The van der Waals surface area contributed by atoms with E-state index >= 15 is 0 Å². The highest BCUT2D eigenvalue weighted by molar-refractivity contribution is 7.89. The molecule has 0 heterocycles. The van der Waals surface area contributed by atoms with Gasteiger partial charge in [-0.25, -0.2) is 13.8 Å². The topological polar surface area (TPSA) is 58.2 Å². The summed E-state index contributed by atoms with van der Waals surface area (Å²) in [4.78, 5) is 2.69. The van der Waals surface area contributed by atoms with Crippen molar-refractivity contribution in [3.05, 3.63) is 64.2 Å². The van der Waals surface area contributed by atoms with Crippen LogP contribution in [0.2, 0.25) is 5.02 Å². The Morgan fingerprint density at radius 2 is 1.50 bits per heavy atom. The quantitative estimate of drug-likeness (QED) is 0.530. The van der Waals surface area contributed by atoms with Crippen LogP contribution >= 0.6 is 11.6 Å². The van der Waals surface area contributed by atoms with E-state index in [0.29, 0.717) is 11.4 Å². The molecule has 2 rings (SSSR count). The van der Waals surface area contributed by atoms with Crippen molar-refractivity contribution < 1.29 is 8.42 Å². The molecule has 0 saturated carbocycles. The zero-order chi connectivity index (χ0) is 21.7. The van der Waals surface area contributed by atoms with Crippen LogP contribution in [0.25, 0.3) is 0 Å². The third kappa shape index (κ3) is 8.31. The molecule has 0 spiro atoms. The lowest BCUT2D eigenvalue weighted by atomic mass is 10.00. The summed E-state index contributed by atoms with van der Waals surface area (Å²) in [5.41, 5.74) is 5.83. The molecule has 2 aromatic rings. The maximum absolute atomic E-state index is 12.4. The van der Waals surface area contributed by atoms with Crippen molar-refractivity contribution in [1.29, 1.82) is 0 Å². The molecule has 0 aromatic heterocycles. The van der Waals surface area contributed by atoms with Gasteiger partial charge >= 0.3 is 0 Å². The number of rotatable bonds is 6. The Labute approximate surface area is 176 Å². The van der Waals surface area contributed by atoms with Gasteiger partial charge in [0.15, 0.2) is 0 Å². The van der Waals surface area contributed by atoms with Gasteiger partial charge < -0.3 is 0 Å². The largest absolute Gasteiger partial charge is 0.253 e. The summed E-state index contributed by atoms with van der Waals surface area (Å²) < 4.78 is 24.7. The Balaban J connectivity index is 0.00000133. The molecule has 0 radical (unpaired) electrons. The summed E-state index contributed by atoms with van der Waals surface area (Å²) in [6, 6.07) is 12.1. The van der Waals surface area contributed by atoms with Gasteiger partial charge in [0.2, 0.25) is 0 Å². The SMILES string of the molecule is CC.CCC.CCC(NNS(=O)(=O)c1ccc(C)cc1)c1c(C)cccc1Cl. The molecule has 0 aliphatic rings. The number of aryl methyl sites for hydroxylation is 2. The average Bonchev–Trinajstić information content (AvgIpc) is 2.66. The molecule has 0 aliphatic carbocycles. The van der Waals surface area contributed by atoms with Crippen molar-refractivity contribution in [2.75, 3.05) is 0 Å². The fraction of sp³-hybridized carbons (Fsp3) is 0.455. The molecule has 0 saturated heterocycles. The van der Waals surface area contributed by atoms with E-state index < -0.39 is 10.0 Å². The van der Waals surface area contributed by atoms with Crippen molar-refractivity contribution in [3.63, 3.8) is 0 Å². The lowest BCUT2D eigenvalue weighted by Gasteiger charge is -2.21. The molecule has 1 atom stereocenters. The third-order valence-corrected chi connectivity index (χ3v) is 5.34. The molecule has 0 bridgehead atoms. The lowest BCUT2D eigenvalue weighted by molar-refractivity contribution is 0.480. The zero-order valence-electron chi connectivity index (χ0n) is 18.1. The van der Waals surface area contributed by atoms with Crippen LogP contribution in [0.15, 0.2) is 47.4 Å². The van der Waals surface area contributed by atoms with Crippen molar-refractivity contribution >= 4 is 21.6 Å². The summed E-state index contributed by atoms with van der Waals surface area (Å²) in [7, 11) is -3.62. The van der Waals surface area contributed by atoms with Crippen LogP contribution in [-0.2, 0) is 10.0 Å². The van der Waals surface area contributed by atoms with Crippen LogP contribution in [0.5, 0.6) is 0 Å². The van der Waals surface area contributed by atoms with Crippen LogP contribution in [0.3, 0.4) is 0 Å². The first-order valence-corrected chi connectivity index (χ1v) is 11.7. The van der Waals surface area contributed by atoms with Crippen molar-refractivity contribution in [3.8, 4) is 0 Å². The molecule has 0 aliphatic heterocycles. The van der Waals surface area contributed by atoms with E-state index in [-0.39, 0.29) is 10.9 Å². The molecule has 6 heteroatoms. The normalized spacial score (nSPS) is 11.6. The molecule has 2 aromatic carbocycles. The first-order chi connectivity index (χ1) is 13.3. The Morgan fingerprint density at radius 3 is 1.96 bits per heavy atom. The van der Waals surface area contributed by atoms with Crippen LogP contribution in [0, 0.1) is 13.8 Å². The zero-order valence-corrected chi connectivity index (χ0v) is 19.7. The molecule has 158 valence electrons. The lowest BCUT2D eigenvalue weighted by Crippen LogP contribution is -2.40. The Kier molecular flexibility index (Phi) is 13.0. The molecule has 2 N–H and O–H groups in total. The van der Waals surface area contributed by atoms with E-state index in [1.54, 1.807) is 24.3 Å². The fourth-order valence-electron chi connectivity index (χ4n) is 2.39. The van der Waals surface area contributed by atoms with Gasteiger partial charge in [0.1, 0.15) is 0 Å². The van der Waals surface area contributed by atoms with E-state index in [2.05, 4.69) is 24.1 Å². The van der Waals surface area contributed by atoms with E-state index in [9.17, 15) is 8.42 Å². The Morgan fingerprint density at radius 1 is 0.964 bits per heavy atom. The van der Waals surface area contributed by atoms with E-state index in [4.69, 9.17) is 11.6 Å². The predicted molar refractivity (Wildman–Crippen MR) is 121 cm³/mol. The number of benzene rings is 2. The van der Waals surface area contributed by atoms with Gasteiger partial charge in [-0.15, -0.1) is 4.83 Å². The van der Waals surface area contributed by atoms with Gasteiger partial charge in [-0.3, -0.25) is 0 Å². The van der Waals surface area contributed by atoms with E-state index in [1.807, 2.05) is 52.8 Å². The van der Waals surface area contributed by atoms with Gasteiger partial charge in [0, 0.05) is 11.1 Å². The monoisotopic (exact) mass is 426 g/mol. The van der Waals surface area contributed by atoms with Gasteiger partial charge in [-0.1, -0.05) is 82.5 Å². The van der Waals surface area contributed by atoms with Crippen LogP contribution in [0.1, 0.15) is 70.2 Å². The molecule has 4 nitrogen and oxygen atoms in total. The second-order valence-corrected chi connectivity index (χ2v) is 8.29. The second-order valence-electron chi connectivity index (χ2n) is 6.20. The molecule has 0 fully saturated rings. The van der Waals surface area contributed by atoms with Gasteiger partial charge in [0.25, 0.3) is 10.0 Å². The summed E-state index contributed by atoms with van der Waals surface area (Å²) in [6.45, 7) is 14.1. The fourth-order valence-corrected chi connectivity index (χ4v) is 3.65. The molecule has 1 unspecified atom stereocenters. The second kappa shape index (κ2) is 13.7. The van der Waals surface area contributed by atoms with Crippen LogP contribution in [-0.4, -0.2) is 8.42 Å². The van der Waals surface area contributed by atoms with E-state index in [1.165, 1.54) is 6.42 Å². The maximum atomic E-state index is 12.4. The van der Waals surface area contributed by atoms with Crippen molar-refractivity contribution in [1.82, 2.24) is 10.3 Å². The van der Waals surface area contributed by atoms with Crippen LogP contribution < -0.4 is 10.3 Å². The molecular weight excluding hydrogens is 392 g/mol. The van der Waals surface area contributed by atoms with Gasteiger partial charge in [-0.2, -0.15) is 0 Å². The number of hydrogen-bond donors (Lipinski definition) is 2. The minimum absolute atomic E-state index is 0.205. The smallest absolute Gasteiger partial charge is 0.236 e. The summed E-state index contributed by atoms with van der Waals surface area (Å²) in [5.74, 6) is 0. The van der Waals surface area contributed by atoms with Gasteiger partial charge in [0.05, 0.1) is 4.90 Å². The molecule has 0 amide bonds. The first-order valence-electron chi connectivity index (χ1n) is 9.85. The highest BCUT2D eigenvalue weighted by Gasteiger charge is 2.19. The summed E-state index contributed by atoms with van der Waals surface area (Å²) in [5, 5.41) is 0.624. The third-order valence-electron chi connectivity index (χ3n) is 3.73. The van der Waals surface area contributed by atoms with E-state index in [0.717, 1.165) is 16.7 Å². The molecule has 28 heavy (non-hydrogen) atoms. The number of hydrazine groups is 1. The first kappa shape index (κ1) is 26.6. The Hall–Kier alpha value is -1.40. The summed E-state index contributed by atoms with van der Waals surface area (Å²) in [6.07, 6.45) is 1.95. The van der Waals surface area contributed by atoms with Gasteiger partial charge in [-0.05, 0) is 49.6 Å². The number of hydrogen-bond acceptors (Lipinski definition) is 3. The molecular formula is C22H35ClN2O2S. The summed E-state index contributed by atoms with van der Waals surface area (Å²) >= 11 is 6.27. The standard InChI is InChI=1S/C17H21ClN2O2S.C3H8.C2H6/c1-4-16(17-13(3)6-5-7-15(17)18)19-20-23(21,22)14-10-8-12(2)9-11-14;1-3-2;1-2/h5-11,16,19-20H,4H2,1-3H3;3H2,1-2H3;1-2H3. The Bertz CT molecular complexity index is 770. The predicted octanol–water partition coefficient (Wildman–Crippen LogP) is 6.33. The highest BCUT2D eigenvalue weighted by atomic mass is 35.5. The number of nitrogens with one attached hydrogen (secondary N) is 2. The highest BCUT2D eigenvalue weighted by Crippen LogP contribution is 2.28. The number of halogens is 1.